The summed E-state index contributed by atoms with van der Waals surface area (Å²) in [5, 5.41) is 2.93. The average Bonchev–Trinajstić information content (AvgIpc) is 3.06. The van der Waals surface area contributed by atoms with Crippen LogP contribution in [0.3, 0.4) is 0 Å². The number of para-hydroxylation sites is 1. The van der Waals surface area contributed by atoms with Crippen molar-refractivity contribution in [2.75, 3.05) is 5.32 Å². The normalized spacial score (nSPS) is 10.9. The van der Waals surface area contributed by atoms with E-state index >= 15 is 0 Å². The fourth-order valence-corrected chi connectivity index (χ4v) is 2.78. The molecular formula is C21H20FNO2. The van der Waals surface area contributed by atoms with E-state index in [2.05, 4.69) is 19.2 Å². The summed E-state index contributed by atoms with van der Waals surface area (Å²) < 4.78 is 19.4. The number of anilines is 1. The van der Waals surface area contributed by atoms with Crippen molar-refractivity contribution >= 4 is 11.6 Å². The van der Waals surface area contributed by atoms with Gasteiger partial charge in [-0.15, -0.1) is 0 Å². The molecule has 0 aliphatic heterocycles. The van der Waals surface area contributed by atoms with Crippen LogP contribution in [0.5, 0.6) is 0 Å². The molecule has 1 heterocycles. The highest BCUT2D eigenvalue weighted by atomic mass is 19.1. The molecule has 1 N–H and O–H groups in total. The first-order valence-corrected chi connectivity index (χ1v) is 8.23. The van der Waals surface area contributed by atoms with Crippen LogP contribution >= 0.6 is 0 Å². The van der Waals surface area contributed by atoms with Crippen molar-refractivity contribution < 1.29 is 13.6 Å². The smallest absolute Gasteiger partial charge is 0.291 e. The number of nitrogens with one attached hydrogen (secondary N) is 1. The van der Waals surface area contributed by atoms with Crippen molar-refractivity contribution in [3.8, 4) is 11.3 Å². The molecule has 0 saturated heterocycles. The van der Waals surface area contributed by atoms with Crippen molar-refractivity contribution in [1.29, 1.82) is 0 Å². The van der Waals surface area contributed by atoms with Gasteiger partial charge in [-0.05, 0) is 48.2 Å². The van der Waals surface area contributed by atoms with Gasteiger partial charge in [-0.3, -0.25) is 4.79 Å². The van der Waals surface area contributed by atoms with E-state index in [0.717, 1.165) is 16.8 Å². The summed E-state index contributed by atoms with van der Waals surface area (Å²) in [5.74, 6) is 0.0256. The highest BCUT2D eigenvalue weighted by Gasteiger charge is 2.17. The maximum atomic E-state index is 13.9. The van der Waals surface area contributed by atoms with E-state index in [1.807, 2.05) is 25.1 Å². The number of benzene rings is 2. The zero-order valence-corrected chi connectivity index (χ0v) is 14.5. The SMILES string of the molecule is Cc1cccc(C(C)C)c1NC(=O)c1ccc(-c2ccccc2F)o1. The first kappa shape index (κ1) is 17.0. The number of rotatable bonds is 4. The second-order valence-electron chi connectivity index (χ2n) is 6.29. The summed E-state index contributed by atoms with van der Waals surface area (Å²) in [6.45, 7) is 6.11. The zero-order chi connectivity index (χ0) is 18.0. The van der Waals surface area contributed by atoms with Crippen LogP contribution in [0.1, 0.15) is 41.4 Å². The Balaban J connectivity index is 1.88. The molecule has 0 saturated carbocycles. The van der Waals surface area contributed by atoms with Crippen LogP contribution in [0.2, 0.25) is 0 Å². The van der Waals surface area contributed by atoms with Gasteiger partial charge in [-0.1, -0.05) is 44.2 Å². The second kappa shape index (κ2) is 6.93. The number of halogens is 1. The maximum absolute atomic E-state index is 13.9. The second-order valence-corrected chi connectivity index (χ2v) is 6.29. The summed E-state index contributed by atoms with van der Waals surface area (Å²) >= 11 is 0. The maximum Gasteiger partial charge on any atom is 0.291 e. The summed E-state index contributed by atoms with van der Waals surface area (Å²) in [7, 11) is 0. The van der Waals surface area contributed by atoms with E-state index < -0.39 is 0 Å². The highest BCUT2D eigenvalue weighted by Crippen LogP contribution is 2.29. The van der Waals surface area contributed by atoms with Crippen molar-refractivity contribution in [3.63, 3.8) is 0 Å². The molecule has 0 spiro atoms. The molecule has 3 rings (SSSR count). The molecule has 128 valence electrons. The number of carbonyl (C=O) groups excluding carboxylic acids is 1. The molecular weight excluding hydrogens is 317 g/mol. The minimum absolute atomic E-state index is 0.149. The molecule has 1 amide bonds. The predicted molar refractivity (Wildman–Crippen MR) is 97.3 cm³/mol. The van der Waals surface area contributed by atoms with Crippen LogP contribution in [0.15, 0.2) is 59.0 Å². The van der Waals surface area contributed by atoms with Gasteiger partial charge in [0.1, 0.15) is 11.6 Å². The fraction of sp³-hybridized carbons (Fsp3) is 0.190. The van der Waals surface area contributed by atoms with Crippen LogP contribution in [-0.2, 0) is 0 Å². The molecule has 0 aliphatic rings. The molecule has 1 aromatic heterocycles. The molecule has 25 heavy (non-hydrogen) atoms. The number of furan rings is 1. The lowest BCUT2D eigenvalue weighted by molar-refractivity contribution is 0.0997. The van der Waals surface area contributed by atoms with Crippen LogP contribution in [0.4, 0.5) is 10.1 Å². The molecule has 0 aliphatic carbocycles. The predicted octanol–water partition coefficient (Wildman–Crippen LogP) is 5.77. The standard InChI is InChI=1S/C21H20FNO2/c1-13(2)15-9-6-7-14(3)20(15)23-21(24)19-12-11-18(25-19)16-8-4-5-10-17(16)22/h4-13H,1-3H3,(H,23,24). The Morgan fingerprint density at radius 2 is 1.80 bits per heavy atom. The van der Waals surface area contributed by atoms with Crippen LogP contribution in [-0.4, -0.2) is 5.91 Å². The quantitative estimate of drug-likeness (QED) is 0.656. The fourth-order valence-electron chi connectivity index (χ4n) is 2.78. The van der Waals surface area contributed by atoms with Gasteiger partial charge in [0.15, 0.2) is 5.76 Å². The Kier molecular flexibility index (Phi) is 4.70. The van der Waals surface area contributed by atoms with Crippen molar-refractivity contribution in [1.82, 2.24) is 0 Å². The summed E-state index contributed by atoms with van der Waals surface area (Å²) in [5.41, 5.74) is 3.18. The van der Waals surface area contributed by atoms with E-state index in [4.69, 9.17) is 4.42 Å². The molecule has 0 unspecified atom stereocenters. The van der Waals surface area contributed by atoms with Crippen molar-refractivity contribution in [2.45, 2.75) is 26.7 Å². The Hall–Kier alpha value is -2.88. The molecule has 0 fully saturated rings. The third kappa shape index (κ3) is 3.48. The van der Waals surface area contributed by atoms with Gasteiger partial charge in [0, 0.05) is 5.69 Å². The molecule has 3 nitrogen and oxygen atoms in total. The minimum Gasteiger partial charge on any atom is -0.451 e. The number of hydrogen-bond acceptors (Lipinski definition) is 2. The molecule has 0 radical (unpaired) electrons. The van der Waals surface area contributed by atoms with Gasteiger partial charge in [0.25, 0.3) is 5.91 Å². The van der Waals surface area contributed by atoms with E-state index in [0.29, 0.717) is 11.3 Å². The van der Waals surface area contributed by atoms with Crippen LogP contribution in [0.25, 0.3) is 11.3 Å². The lowest BCUT2D eigenvalue weighted by Gasteiger charge is -2.15. The van der Waals surface area contributed by atoms with Gasteiger partial charge in [0.05, 0.1) is 5.56 Å². The highest BCUT2D eigenvalue weighted by molar-refractivity contribution is 6.03. The third-order valence-electron chi connectivity index (χ3n) is 4.13. The molecule has 4 heteroatoms. The number of carbonyl (C=O) groups is 1. The van der Waals surface area contributed by atoms with Crippen LogP contribution in [0, 0.1) is 12.7 Å². The molecule has 3 aromatic rings. The van der Waals surface area contributed by atoms with E-state index in [1.165, 1.54) is 6.07 Å². The first-order chi connectivity index (χ1) is 12.0. The van der Waals surface area contributed by atoms with E-state index in [-0.39, 0.29) is 23.4 Å². The lowest BCUT2D eigenvalue weighted by Crippen LogP contribution is -2.14. The van der Waals surface area contributed by atoms with Crippen molar-refractivity contribution in [2.24, 2.45) is 0 Å². The molecule has 2 aromatic carbocycles. The van der Waals surface area contributed by atoms with Gasteiger partial charge in [0.2, 0.25) is 0 Å². The number of hydrogen-bond donors (Lipinski definition) is 1. The topological polar surface area (TPSA) is 42.2 Å². The Morgan fingerprint density at radius 1 is 1.04 bits per heavy atom. The zero-order valence-electron chi connectivity index (χ0n) is 14.5. The van der Waals surface area contributed by atoms with E-state index in [1.54, 1.807) is 30.3 Å². The first-order valence-electron chi connectivity index (χ1n) is 8.23. The van der Waals surface area contributed by atoms with Gasteiger partial charge in [-0.2, -0.15) is 0 Å². The van der Waals surface area contributed by atoms with E-state index in [9.17, 15) is 9.18 Å². The third-order valence-corrected chi connectivity index (χ3v) is 4.13. The Bertz CT molecular complexity index is 912. The summed E-state index contributed by atoms with van der Waals surface area (Å²) in [4.78, 5) is 12.6. The Labute approximate surface area is 146 Å². The average molecular weight is 337 g/mol. The lowest BCUT2D eigenvalue weighted by atomic mass is 9.98. The molecule has 0 atom stereocenters. The minimum atomic E-state index is -0.384. The van der Waals surface area contributed by atoms with Gasteiger partial charge in [-0.25, -0.2) is 4.39 Å². The molecule has 0 bridgehead atoms. The number of amides is 1. The largest absolute Gasteiger partial charge is 0.451 e. The summed E-state index contributed by atoms with van der Waals surface area (Å²) in [6.07, 6.45) is 0. The van der Waals surface area contributed by atoms with Gasteiger partial charge >= 0.3 is 0 Å². The monoisotopic (exact) mass is 337 g/mol. The van der Waals surface area contributed by atoms with Crippen molar-refractivity contribution in [3.05, 3.63) is 77.3 Å². The number of aryl methyl sites for hydroxylation is 1. The van der Waals surface area contributed by atoms with Crippen LogP contribution < -0.4 is 5.32 Å². The Morgan fingerprint density at radius 3 is 2.52 bits per heavy atom. The summed E-state index contributed by atoms with van der Waals surface area (Å²) in [6, 6.07) is 15.4. The van der Waals surface area contributed by atoms with Gasteiger partial charge < -0.3 is 9.73 Å².